The van der Waals surface area contributed by atoms with Gasteiger partial charge in [0.1, 0.15) is 0 Å². The average Bonchev–Trinajstić information content (AvgIpc) is 2.50. The second-order valence-electron chi connectivity index (χ2n) is 4.15. The SMILES string of the molecule is Cc1ccc2c(c1C(C)C)CCN2. The zero-order valence-electron chi connectivity index (χ0n) is 8.65. The van der Waals surface area contributed by atoms with Crippen molar-refractivity contribution in [3.8, 4) is 0 Å². The summed E-state index contributed by atoms with van der Waals surface area (Å²) >= 11 is 0. The van der Waals surface area contributed by atoms with E-state index < -0.39 is 0 Å². The standard InChI is InChI=1S/C12H17N/c1-8(2)12-9(3)4-5-11-10(12)6-7-13-11/h4-5,8,13H,6-7H2,1-3H3. The smallest absolute Gasteiger partial charge is 0.0376 e. The molecule has 1 aromatic rings. The molecule has 1 heterocycles. The minimum Gasteiger partial charge on any atom is -0.384 e. The van der Waals surface area contributed by atoms with Crippen LogP contribution < -0.4 is 5.32 Å². The molecule has 0 spiro atoms. The maximum atomic E-state index is 3.42. The van der Waals surface area contributed by atoms with Crippen LogP contribution in [0.15, 0.2) is 12.1 Å². The molecule has 0 radical (unpaired) electrons. The number of fused-ring (bicyclic) bond motifs is 1. The van der Waals surface area contributed by atoms with E-state index >= 15 is 0 Å². The lowest BCUT2D eigenvalue weighted by molar-refractivity contribution is 0.839. The molecule has 1 N–H and O–H groups in total. The van der Waals surface area contributed by atoms with Crippen LogP contribution in [0.2, 0.25) is 0 Å². The summed E-state index contributed by atoms with van der Waals surface area (Å²) in [5.74, 6) is 0.648. The highest BCUT2D eigenvalue weighted by Crippen LogP contribution is 2.32. The fourth-order valence-corrected chi connectivity index (χ4v) is 2.34. The van der Waals surface area contributed by atoms with E-state index in [9.17, 15) is 0 Å². The van der Waals surface area contributed by atoms with Gasteiger partial charge in [0.05, 0.1) is 0 Å². The Hall–Kier alpha value is -0.980. The van der Waals surface area contributed by atoms with Crippen molar-refractivity contribution in [2.75, 3.05) is 11.9 Å². The largest absolute Gasteiger partial charge is 0.384 e. The lowest BCUT2D eigenvalue weighted by Gasteiger charge is -2.14. The Kier molecular flexibility index (Phi) is 2.03. The van der Waals surface area contributed by atoms with E-state index in [-0.39, 0.29) is 0 Å². The molecular formula is C12H17N. The van der Waals surface area contributed by atoms with Crippen molar-refractivity contribution >= 4 is 5.69 Å². The summed E-state index contributed by atoms with van der Waals surface area (Å²) in [6, 6.07) is 4.44. The summed E-state index contributed by atoms with van der Waals surface area (Å²) in [6.07, 6.45) is 1.20. The van der Waals surface area contributed by atoms with E-state index in [0.717, 1.165) is 6.54 Å². The Morgan fingerprint density at radius 2 is 2.08 bits per heavy atom. The molecule has 0 amide bonds. The Labute approximate surface area is 80.2 Å². The van der Waals surface area contributed by atoms with Gasteiger partial charge in [-0.2, -0.15) is 0 Å². The normalized spacial score (nSPS) is 14.5. The third-order valence-corrected chi connectivity index (χ3v) is 2.84. The number of hydrogen-bond acceptors (Lipinski definition) is 1. The molecule has 0 unspecified atom stereocenters. The molecule has 0 aromatic heterocycles. The first kappa shape index (κ1) is 8.61. The molecule has 0 aliphatic carbocycles. The van der Waals surface area contributed by atoms with Gasteiger partial charge in [0, 0.05) is 12.2 Å². The molecule has 0 atom stereocenters. The van der Waals surface area contributed by atoms with Gasteiger partial charge in [-0.15, -0.1) is 0 Å². The van der Waals surface area contributed by atoms with Gasteiger partial charge in [-0.1, -0.05) is 19.9 Å². The van der Waals surface area contributed by atoms with Gasteiger partial charge in [-0.25, -0.2) is 0 Å². The summed E-state index contributed by atoms with van der Waals surface area (Å²) in [5.41, 5.74) is 5.91. The van der Waals surface area contributed by atoms with Crippen molar-refractivity contribution in [3.63, 3.8) is 0 Å². The van der Waals surface area contributed by atoms with E-state index in [1.807, 2.05) is 0 Å². The van der Waals surface area contributed by atoms with Gasteiger partial charge in [0.25, 0.3) is 0 Å². The zero-order chi connectivity index (χ0) is 9.42. The van der Waals surface area contributed by atoms with Crippen molar-refractivity contribution in [1.29, 1.82) is 0 Å². The van der Waals surface area contributed by atoms with E-state index in [4.69, 9.17) is 0 Å². The van der Waals surface area contributed by atoms with Crippen LogP contribution in [-0.4, -0.2) is 6.54 Å². The Balaban J connectivity index is 2.58. The van der Waals surface area contributed by atoms with Gasteiger partial charge < -0.3 is 5.32 Å². The molecular weight excluding hydrogens is 158 g/mol. The Morgan fingerprint density at radius 3 is 2.77 bits per heavy atom. The van der Waals surface area contributed by atoms with Gasteiger partial charge in [-0.3, -0.25) is 0 Å². The third kappa shape index (κ3) is 1.32. The highest BCUT2D eigenvalue weighted by atomic mass is 14.9. The second kappa shape index (κ2) is 3.06. The summed E-state index contributed by atoms with van der Waals surface area (Å²) < 4.78 is 0. The summed E-state index contributed by atoms with van der Waals surface area (Å²) in [6.45, 7) is 7.88. The summed E-state index contributed by atoms with van der Waals surface area (Å²) in [7, 11) is 0. The molecule has 2 rings (SSSR count). The molecule has 1 aliphatic rings. The quantitative estimate of drug-likeness (QED) is 0.691. The fourth-order valence-electron chi connectivity index (χ4n) is 2.34. The van der Waals surface area contributed by atoms with E-state index in [1.165, 1.54) is 17.7 Å². The maximum absolute atomic E-state index is 3.42. The van der Waals surface area contributed by atoms with Crippen LogP contribution in [0.5, 0.6) is 0 Å². The van der Waals surface area contributed by atoms with Gasteiger partial charge >= 0.3 is 0 Å². The summed E-state index contributed by atoms with van der Waals surface area (Å²) in [5, 5.41) is 3.42. The first-order chi connectivity index (χ1) is 6.20. The van der Waals surface area contributed by atoms with Crippen LogP contribution in [-0.2, 0) is 6.42 Å². The lowest BCUT2D eigenvalue weighted by atomic mass is 9.91. The molecule has 70 valence electrons. The second-order valence-corrected chi connectivity index (χ2v) is 4.15. The molecule has 0 bridgehead atoms. The Bertz CT molecular complexity index is 326. The van der Waals surface area contributed by atoms with Gasteiger partial charge in [0.15, 0.2) is 0 Å². The molecule has 0 fully saturated rings. The highest BCUT2D eigenvalue weighted by molar-refractivity contribution is 5.61. The fraction of sp³-hybridized carbons (Fsp3) is 0.500. The minimum absolute atomic E-state index is 0.648. The van der Waals surface area contributed by atoms with Crippen molar-refractivity contribution < 1.29 is 0 Å². The Morgan fingerprint density at radius 1 is 1.31 bits per heavy atom. The van der Waals surface area contributed by atoms with Crippen LogP contribution in [0.3, 0.4) is 0 Å². The highest BCUT2D eigenvalue weighted by Gasteiger charge is 2.17. The summed E-state index contributed by atoms with van der Waals surface area (Å²) in [4.78, 5) is 0. The van der Waals surface area contributed by atoms with E-state index in [0.29, 0.717) is 5.92 Å². The number of nitrogens with one attached hydrogen (secondary N) is 1. The first-order valence-electron chi connectivity index (χ1n) is 5.06. The van der Waals surface area contributed by atoms with Crippen molar-refractivity contribution in [1.82, 2.24) is 0 Å². The predicted octanol–water partition coefficient (Wildman–Crippen LogP) is 3.09. The lowest BCUT2D eigenvalue weighted by Crippen LogP contribution is -1.97. The predicted molar refractivity (Wildman–Crippen MR) is 57.5 cm³/mol. The van der Waals surface area contributed by atoms with Crippen LogP contribution in [0.4, 0.5) is 5.69 Å². The topological polar surface area (TPSA) is 12.0 Å². The molecule has 1 nitrogen and oxygen atoms in total. The van der Waals surface area contributed by atoms with Crippen molar-refractivity contribution in [2.24, 2.45) is 0 Å². The number of benzene rings is 1. The molecule has 0 saturated carbocycles. The van der Waals surface area contributed by atoms with Crippen LogP contribution in [0.1, 0.15) is 36.5 Å². The number of anilines is 1. The molecule has 1 aliphatic heterocycles. The maximum Gasteiger partial charge on any atom is 0.0376 e. The zero-order valence-corrected chi connectivity index (χ0v) is 8.65. The van der Waals surface area contributed by atoms with Gasteiger partial charge in [0.2, 0.25) is 0 Å². The van der Waals surface area contributed by atoms with Crippen LogP contribution >= 0.6 is 0 Å². The van der Waals surface area contributed by atoms with Crippen molar-refractivity contribution in [3.05, 3.63) is 28.8 Å². The van der Waals surface area contributed by atoms with Crippen LogP contribution in [0, 0.1) is 6.92 Å². The van der Waals surface area contributed by atoms with E-state index in [1.54, 1.807) is 11.1 Å². The van der Waals surface area contributed by atoms with E-state index in [2.05, 4.69) is 38.2 Å². The third-order valence-electron chi connectivity index (χ3n) is 2.84. The number of aryl methyl sites for hydroxylation is 1. The molecule has 13 heavy (non-hydrogen) atoms. The molecule has 0 saturated heterocycles. The molecule has 1 aromatic carbocycles. The van der Waals surface area contributed by atoms with Gasteiger partial charge in [-0.05, 0) is 42.0 Å². The van der Waals surface area contributed by atoms with Crippen LogP contribution in [0.25, 0.3) is 0 Å². The number of hydrogen-bond donors (Lipinski definition) is 1. The first-order valence-corrected chi connectivity index (χ1v) is 5.06. The monoisotopic (exact) mass is 175 g/mol. The minimum atomic E-state index is 0.648. The average molecular weight is 175 g/mol. The number of rotatable bonds is 1. The molecule has 1 heteroatoms. The van der Waals surface area contributed by atoms with Crippen molar-refractivity contribution in [2.45, 2.75) is 33.1 Å².